The Kier molecular flexibility index (Phi) is 7.38. The molecule has 2 N–H and O–H groups in total. The Bertz CT molecular complexity index is 891. The molecule has 0 fully saturated rings. The lowest BCUT2D eigenvalue weighted by molar-refractivity contribution is 0.606. The first-order chi connectivity index (χ1) is 12.2. The Morgan fingerprint density at radius 3 is 2.58 bits per heavy atom. The van der Waals surface area contributed by atoms with Crippen LogP contribution >= 0.6 is 24.0 Å². The van der Waals surface area contributed by atoms with Gasteiger partial charge >= 0.3 is 0 Å². The maximum atomic E-state index is 13.6. The zero-order valence-electron chi connectivity index (χ0n) is 14.9. The van der Waals surface area contributed by atoms with Crippen LogP contribution in [-0.4, -0.2) is 29.1 Å². The lowest BCUT2D eigenvalue weighted by atomic mass is 10.1. The fraction of sp³-hybridized carbons (Fsp3) is 0.263. The lowest BCUT2D eigenvalue weighted by Crippen LogP contribution is -2.38. The average Bonchev–Trinajstić information content (AvgIpc) is 2.96. The van der Waals surface area contributed by atoms with Crippen molar-refractivity contribution < 1.29 is 4.39 Å². The molecule has 0 unspecified atom stereocenters. The van der Waals surface area contributed by atoms with Gasteiger partial charge in [-0.25, -0.2) is 9.37 Å². The van der Waals surface area contributed by atoms with E-state index in [1.54, 1.807) is 19.2 Å². The van der Waals surface area contributed by atoms with E-state index in [1.807, 2.05) is 37.4 Å². The summed E-state index contributed by atoms with van der Waals surface area (Å²) in [6, 6.07) is 14.9. The molecule has 1 heterocycles. The molecule has 0 bridgehead atoms. The van der Waals surface area contributed by atoms with Crippen molar-refractivity contribution in [1.29, 1.82) is 0 Å². The van der Waals surface area contributed by atoms with E-state index in [0.717, 1.165) is 16.9 Å². The maximum Gasteiger partial charge on any atom is 0.191 e. The topological polar surface area (TPSA) is 54.2 Å². The van der Waals surface area contributed by atoms with Gasteiger partial charge in [-0.2, -0.15) is 0 Å². The fourth-order valence-electron chi connectivity index (χ4n) is 2.75. The van der Waals surface area contributed by atoms with Crippen LogP contribution in [0, 0.1) is 5.82 Å². The van der Waals surface area contributed by atoms with E-state index in [-0.39, 0.29) is 29.8 Å². The van der Waals surface area contributed by atoms with Crippen molar-refractivity contribution in [2.75, 3.05) is 13.6 Å². The number of hydrogen-bond donors (Lipinski definition) is 2. The molecule has 0 aliphatic heterocycles. The van der Waals surface area contributed by atoms with Gasteiger partial charge in [0.2, 0.25) is 0 Å². The molecule has 7 heteroatoms. The van der Waals surface area contributed by atoms with Crippen molar-refractivity contribution in [2.24, 2.45) is 12.0 Å². The van der Waals surface area contributed by atoms with E-state index in [2.05, 4.69) is 25.2 Å². The number of benzene rings is 2. The summed E-state index contributed by atoms with van der Waals surface area (Å²) < 4.78 is 15.7. The highest BCUT2D eigenvalue weighted by atomic mass is 127. The summed E-state index contributed by atoms with van der Waals surface area (Å²) in [4.78, 5) is 8.83. The number of imidazole rings is 1. The number of aromatic nitrogens is 2. The third-order valence-electron chi connectivity index (χ3n) is 4.16. The largest absolute Gasteiger partial charge is 0.356 e. The molecule has 0 atom stereocenters. The van der Waals surface area contributed by atoms with Gasteiger partial charge < -0.3 is 15.2 Å². The number of guanidine groups is 1. The van der Waals surface area contributed by atoms with Crippen LogP contribution in [0.5, 0.6) is 0 Å². The van der Waals surface area contributed by atoms with Crippen molar-refractivity contribution in [1.82, 2.24) is 20.2 Å². The molecule has 2 aromatic carbocycles. The Morgan fingerprint density at radius 1 is 1.12 bits per heavy atom. The number of rotatable bonds is 5. The van der Waals surface area contributed by atoms with Crippen LogP contribution in [0.4, 0.5) is 4.39 Å². The van der Waals surface area contributed by atoms with Crippen molar-refractivity contribution in [3.8, 4) is 0 Å². The summed E-state index contributed by atoms with van der Waals surface area (Å²) in [5, 5.41) is 6.45. The first-order valence-corrected chi connectivity index (χ1v) is 8.27. The second kappa shape index (κ2) is 9.51. The smallest absolute Gasteiger partial charge is 0.191 e. The van der Waals surface area contributed by atoms with Crippen molar-refractivity contribution >= 4 is 41.0 Å². The SMILES string of the molecule is CN=C(NCCc1ccccc1F)NCc1nc2ccccc2n1C.I. The van der Waals surface area contributed by atoms with Crippen LogP contribution in [0.15, 0.2) is 53.5 Å². The molecule has 0 saturated carbocycles. The summed E-state index contributed by atoms with van der Waals surface area (Å²) in [6.07, 6.45) is 0.597. The Morgan fingerprint density at radius 2 is 1.85 bits per heavy atom. The van der Waals surface area contributed by atoms with Crippen LogP contribution in [0.1, 0.15) is 11.4 Å². The summed E-state index contributed by atoms with van der Waals surface area (Å²) in [6.45, 7) is 1.16. The molecule has 5 nitrogen and oxygen atoms in total. The first kappa shape index (κ1) is 20.2. The van der Waals surface area contributed by atoms with Gasteiger partial charge in [-0.05, 0) is 30.2 Å². The van der Waals surface area contributed by atoms with Crippen LogP contribution in [0.3, 0.4) is 0 Å². The maximum absolute atomic E-state index is 13.6. The highest BCUT2D eigenvalue weighted by Gasteiger charge is 2.08. The van der Waals surface area contributed by atoms with Gasteiger partial charge in [0.25, 0.3) is 0 Å². The highest BCUT2D eigenvalue weighted by Crippen LogP contribution is 2.13. The molecule has 26 heavy (non-hydrogen) atoms. The van der Waals surface area contributed by atoms with Gasteiger partial charge in [0, 0.05) is 20.6 Å². The number of halogens is 2. The van der Waals surface area contributed by atoms with Crippen LogP contribution in [-0.2, 0) is 20.0 Å². The van der Waals surface area contributed by atoms with E-state index in [9.17, 15) is 4.39 Å². The zero-order chi connectivity index (χ0) is 17.6. The minimum atomic E-state index is -0.174. The van der Waals surface area contributed by atoms with Crippen LogP contribution in [0.25, 0.3) is 11.0 Å². The second-order valence-corrected chi connectivity index (χ2v) is 5.77. The Labute approximate surface area is 169 Å². The van der Waals surface area contributed by atoms with Crippen molar-refractivity contribution in [3.05, 3.63) is 65.7 Å². The fourth-order valence-corrected chi connectivity index (χ4v) is 2.75. The van der Waals surface area contributed by atoms with E-state index in [0.29, 0.717) is 31.0 Å². The first-order valence-electron chi connectivity index (χ1n) is 8.27. The number of nitrogens with zero attached hydrogens (tertiary/aromatic N) is 3. The van der Waals surface area contributed by atoms with Crippen LogP contribution in [0.2, 0.25) is 0 Å². The molecule has 0 spiro atoms. The normalized spacial score (nSPS) is 11.3. The number of aryl methyl sites for hydroxylation is 1. The lowest BCUT2D eigenvalue weighted by Gasteiger charge is -2.12. The summed E-state index contributed by atoms with van der Waals surface area (Å²) in [7, 11) is 3.72. The van der Waals surface area contributed by atoms with Gasteiger partial charge in [0.05, 0.1) is 17.6 Å². The number of hydrogen-bond acceptors (Lipinski definition) is 2. The van der Waals surface area contributed by atoms with Gasteiger partial charge in [-0.1, -0.05) is 30.3 Å². The van der Waals surface area contributed by atoms with Gasteiger partial charge in [-0.3, -0.25) is 4.99 Å². The quantitative estimate of drug-likeness (QED) is 0.344. The van der Waals surface area contributed by atoms with E-state index < -0.39 is 0 Å². The standard InChI is InChI=1S/C19H22FN5.HI/c1-21-19(22-12-11-14-7-3-4-8-15(14)20)23-13-18-24-16-9-5-6-10-17(16)25(18)2;/h3-10H,11-13H2,1-2H3,(H2,21,22,23);1H. The molecule has 0 amide bonds. The molecule has 3 rings (SSSR count). The number of nitrogens with one attached hydrogen (secondary N) is 2. The minimum absolute atomic E-state index is 0. The van der Waals surface area contributed by atoms with E-state index >= 15 is 0 Å². The predicted octanol–water partition coefficient (Wildman–Crippen LogP) is 3.24. The number of aliphatic imine (C=N–C) groups is 1. The van der Waals surface area contributed by atoms with Gasteiger partial charge in [0.1, 0.15) is 11.6 Å². The molecule has 3 aromatic rings. The van der Waals surface area contributed by atoms with E-state index in [1.165, 1.54) is 6.07 Å². The summed E-state index contributed by atoms with van der Waals surface area (Å²) >= 11 is 0. The third kappa shape index (κ3) is 4.72. The molecular weight excluding hydrogens is 444 g/mol. The molecule has 0 saturated heterocycles. The minimum Gasteiger partial charge on any atom is -0.356 e. The third-order valence-corrected chi connectivity index (χ3v) is 4.16. The molecule has 1 aromatic heterocycles. The summed E-state index contributed by atoms with van der Waals surface area (Å²) in [5.74, 6) is 1.42. The highest BCUT2D eigenvalue weighted by molar-refractivity contribution is 14.0. The Hall–Kier alpha value is -2.16. The van der Waals surface area contributed by atoms with Crippen molar-refractivity contribution in [3.63, 3.8) is 0 Å². The second-order valence-electron chi connectivity index (χ2n) is 5.77. The van der Waals surface area contributed by atoms with E-state index in [4.69, 9.17) is 0 Å². The summed E-state index contributed by atoms with van der Waals surface area (Å²) in [5.41, 5.74) is 2.77. The average molecular weight is 467 g/mol. The predicted molar refractivity (Wildman–Crippen MR) is 114 cm³/mol. The molecule has 0 aliphatic carbocycles. The monoisotopic (exact) mass is 467 g/mol. The molecular formula is C19H23FIN5. The van der Waals surface area contributed by atoms with Crippen molar-refractivity contribution in [2.45, 2.75) is 13.0 Å². The zero-order valence-corrected chi connectivity index (χ0v) is 17.2. The van der Waals surface area contributed by atoms with Gasteiger partial charge in [-0.15, -0.1) is 24.0 Å². The number of para-hydroxylation sites is 2. The molecule has 138 valence electrons. The van der Waals surface area contributed by atoms with Gasteiger partial charge in [0.15, 0.2) is 5.96 Å². The molecule has 0 aliphatic rings. The molecule has 0 radical (unpaired) electrons. The van der Waals surface area contributed by atoms with Crippen LogP contribution < -0.4 is 10.6 Å². The number of fused-ring (bicyclic) bond motifs is 1. The Balaban J connectivity index is 0.00000243.